The third-order valence-electron chi connectivity index (χ3n) is 2.24. The van der Waals surface area contributed by atoms with Crippen LogP contribution in [0.1, 0.15) is 0 Å². The van der Waals surface area contributed by atoms with E-state index in [-0.39, 0.29) is 0 Å². The molecule has 1 rings (SSSR count). The van der Waals surface area contributed by atoms with Gasteiger partial charge in [0.05, 0.1) is 26.4 Å². The Balaban J connectivity index is 2.71. The number of nitrogens with zero attached hydrogens (tertiary/aromatic N) is 2. The van der Waals surface area contributed by atoms with Gasteiger partial charge in [-0.05, 0) is 12.1 Å². The van der Waals surface area contributed by atoms with Crippen LogP contribution in [0.15, 0.2) is 35.2 Å². The van der Waals surface area contributed by atoms with Crippen LogP contribution in [0.3, 0.4) is 0 Å². The topological polar surface area (TPSA) is 62.5 Å². The van der Waals surface area contributed by atoms with Crippen LogP contribution < -0.4 is 5.30 Å². The van der Waals surface area contributed by atoms with Gasteiger partial charge in [0.25, 0.3) is 0 Å². The summed E-state index contributed by atoms with van der Waals surface area (Å²) in [6.45, 7) is 1.03. The monoisotopic (exact) mass is 256 g/mol. The molecule has 1 unspecified atom stereocenters. The molecule has 0 aliphatic carbocycles. The SMILES string of the molecule is C[N+](C)(C)CCOP(=O)(N=N)c1ccccc1. The van der Waals surface area contributed by atoms with Crippen LogP contribution in [0, 0.1) is 5.53 Å². The van der Waals surface area contributed by atoms with Gasteiger partial charge in [-0.1, -0.05) is 18.2 Å². The lowest BCUT2D eigenvalue weighted by molar-refractivity contribution is -0.870. The molecular formula is C11H19N3O2P+. The molecule has 0 aliphatic heterocycles. The second kappa shape index (κ2) is 5.54. The minimum absolute atomic E-state index is 0.318. The standard InChI is InChI=1S/C11H19N3O2P/c1-14(2,3)9-10-16-17(15,13-12)11-7-5-4-6-8-11/h4-8,12H,9-10H2,1-3H3/q+1. The number of benzene rings is 1. The average Bonchev–Trinajstić information content (AvgIpc) is 2.28. The Bertz CT molecular complexity index is 414. The molecule has 1 aromatic rings. The maximum Gasteiger partial charge on any atom is 0.362 e. The summed E-state index contributed by atoms with van der Waals surface area (Å²) in [6.07, 6.45) is 0. The number of hydrogen-bond acceptors (Lipinski definition) is 3. The number of nitrogens with one attached hydrogen (secondary N) is 1. The van der Waals surface area contributed by atoms with E-state index >= 15 is 0 Å². The third kappa shape index (κ3) is 4.38. The summed E-state index contributed by atoms with van der Waals surface area (Å²) in [6, 6.07) is 8.69. The zero-order valence-electron chi connectivity index (χ0n) is 10.5. The zero-order chi connectivity index (χ0) is 12.9. The molecule has 0 amide bonds. The van der Waals surface area contributed by atoms with Gasteiger partial charge in [0.1, 0.15) is 13.2 Å². The van der Waals surface area contributed by atoms with Crippen LogP contribution in [0.25, 0.3) is 0 Å². The number of rotatable bonds is 6. The summed E-state index contributed by atoms with van der Waals surface area (Å²) in [5.41, 5.74) is 7.06. The summed E-state index contributed by atoms with van der Waals surface area (Å²) >= 11 is 0. The normalized spacial score (nSPS) is 15.2. The highest BCUT2D eigenvalue weighted by atomic mass is 31.2. The molecule has 1 aromatic carbocycles. The van der Waals surface area contributed by atoms with Crippen LogP contribution in [0.4, 0.5) is 0 Å². The van der Waals surface area contributed by atoms with Crippen LogP contribution in [-0.4, -0.2) is 38.8 Å². The van der Waals surface area contributed by atoms with Gasteiger partial charge in [-0.3, -0.25) is 4.57 Å². The van der Waals surface area contributed by atoms with E-state index in [0.717, 1.165) is 0 Å². The van der Waals surface area contributed by atoms with Crippen LogP contribution in [0.2, 0.25) is 0 Å². The Kier molecular flexibility index (Phi) is 4.57. The first kappa shape index (κ1) is 14.0. The molecule has 0 aromatic heterocycles. The molecule has 6 heteroatoms. The second-order valence-electron chi connectivity index (χ2n) is 4.80. The van der Waals surface area contributed by atoms with Gasteiger partial charge < -0.3 is 9.01 Å². The minimum Gasteiger partial charge on any atom is -0.329 e. The van der Waals surface area contributed by atoms with Gasteiger partial charge in [-0.2, -0.15) is 0 Å². The Morgan fingerprint density at radius 3 is 2.35 bits per heavy atom. The van der Waals surface area contributed by atoms with Gasteiger partial charge in [0, 0.05) is 0 Å². The van der Waals surface area contributed by atoms with Crippen molar-refractivity contribution in [2.24, 2.45) is 4.88 Å². The molecule has 0 saturated carbocycles. The summed E-state index contributed by atoms with van der Waals surface area (Å²) in [5.74, 6) is 0. The molecule has 0 radical (unpaired) electrons. The summed E-state index contributed by atoms with van der Waals surface area (Å²) < 4.78 is 18.3. The van der Waals surface area contributed by atoms with E-state index in [0.29, 0.717) is 22.9 Å². The van der Waals surface area contributed by atoms with Crippen LogP contribution in [-0.2, 0) is 9.09 Å². The van der Waals surface area contributed by atoms with Gasteiger partial charge in [-0.15, -0.1) is 4.88 Å². The Hall–Kier alpha value is -1.03. The predicted molar refractivity (Wildman–Crippen MR) is 67.7 cm³/mol. The Labute approximate surface area is 102 Å². The lowest BCUT2D eigenvalue weighted by Gasteiger charge is -2.24. The van der Waals surface area contributed by atoms with Crippen molar-refractivity contribution in [1.29, 1.82) is 5.53 Å². The van der Waals surface area contributed by atoms with E-state index in [1.165, 1.54) is 0 Å². The summed E-state index contributed by atoms with van der Waals surface area (Å²) in [5, 5.41) is 0.469. The molecule has 94 valence electrons. The fourth-order valence-electron chi connectivity index (χ4n) is 1.22. The van der Waals surface area contributed by atoms with E-state index in [1.54, 1.807) is 24.3 Å². The molecule has 0 heterocycles. The van der Waals surface area contributed by atoms with Gasteiger partial charge in [0.15, 0.2) is 0 Å². The molecule has 1 N–H and O–H groups in total. The molecule has 0 aliphatic rings. The van der Waals surface area contributed by atoms with Crippen molar-refractivity contribution in [1.82, 2.24) is 0 Å². The van der Waals surface area contributed by atoms with Crippen molar-refractivity contribution < 1.29 is 13.6 Å². The highest BCUT2D eigenvalue weighted by Gasteiger charge is 2.25. The predicted octanol–water partition coefficient (Wildman–Crippen LogP) is 2.26. The first-order chi connectivity index (χ1) is 7.87. The molecule has 17 heavy (non-hydrogen) atoms. The van der Waals surface area contributed by atoms with Crippen molar-refractivity contribution in [3.05, 3.63) is 30.3 Å². The van der Waals surface area contributed by atoms with Gasteiger partial charge in [0.2, 0.25) is 0 Å². The quantitative estimate of drug-likeness (QED) is 0.482. The lowest BCUT2D eigenvalue weighted by atomic mass is 10.4. The van der Waals surface area contributed by atoms with E-state index in [1.807, 2.05) is 27.2 Å². The molecule has 0 saturated heterocycles. The lowest BCUT2D eigenvalue weighted by Crippen LogP contribution is -2.37. The minimum atomic E-state index is -3.36. The molecular weight excluding hydrogens is 237 g/mol. The van der Waals surface area contributed by atoms with Crippen molar-refractivity contribution >= 4 is 12.8 Å². The average molecular weight is 256 g/mol. The molecule has 0 spiro atoms. The molecule has 1 atom stereocenters. The smallest absolute Gasteiger partial charge is 0.329 e. The second-order valence-corrected chi connectivity index (χ2v) is 6.82. The molecule has 5 nitrogen and oxygen atoms in total. The molecule has 0 fully saturated rings. The van der Waals surface area contributed by atoms with Crippen LogP contribution in [0.5, 0.6) is 0 Å². The van der Waals surface area contributed by atoms with Crippen molar-refractivity contribution in [3.8, 4) is 0 Å². The zero-order valence-corrected chi connectivity index (χ0v) is 11.4. The van der Waals surface area contributed by atoms with Crippen molar-refractivity contribution in [2.75, 3.05) is 34.3 Å². The van der Waals surface area contributed by atoms with Crippen molar-refractivity contribution in [3.63, 3.8) is 0 Å². The summed E-state index contributed by atoms with van der Waals surface area (Å²) in [7, 11) is 2.71. The Morgan fingerprint density at radius 1 is 1.29 bits per heavy atom. The maximum atomic E-state index is 12.3. The summed E-state index contributed by atoms with van der Waals surface area (Å²) in [4.78, 5) is 3.19. The number of hydrogen-bond donors (Lipinski definition) is 1. The first-order valence-corrected chi connectivity index (χ1v) is 6.95. The Morgan fingerprint density at radius 2 is 1.88 bits per heavy atom. The molecule has 0 bridgehead atoms. The van der Waals surface area contributed by atoms with E-state index in [4.69, 9.17) is 10.1 Å². The third-order valence-corrected chi connectivity index (χ3v) is 3.99. The fraction of sp³-hybridized carbons (Fsp3) is 0.455. The number of likely N-dealkylation sites (N-methyl/N-ethyl adjacent to an activating group) is 1. The maximum absolute atomic E-state index is 12.3. The van der Waals surface area contributed by atoms with Gasteiger partial charge >= 0.3 is 7.52 Å². The highest BCUT2D eigenvalue weighted by molar-refractivity contribution is 7.65. The van der Waals surface area contributed by atoms with E-state index < -0.39 is 7.52 Å². The fourth-order valence-corrected chi connectivity index (χ4v) is 2.42. The number of quaternary nitrogens is 1. The van der Waals surface area contributed by atoms with Gasteiger partial charge in [-0.25, -0.2) is 5.53 Å². The van der Waals surface area contributed by atoms with Crippen molar-refractivity contribution in [2.45, 2.75) is 0 Å². The largest absolute Gasteiger partial charge is 0.362 e. The van der Waals surface area contributed by atoms with E-state index in [9.17, 15) is 4.57 Å². The van der Waals surface area contributed by atoms with Crippen LogP contribution >= 0.6 is 7.52 Å². The first-order valence-electron chi connectivity index (χ1n) is 5.37. The van der Waals surface area contributed by atoms with E-state index in [2.05, 4.69) is 4.88 Å². The highest BCUT2D eigenvalue weighted by Crippen LogP contribution is 2.46.